The molecule has 3 N–H and O–H groups in total. The van der Waals surface area contributed by atoms with Gasteiger partial charge in [0.05, 0.1) is 11.3 Å². The third-order valence-electron chi connectivity index (χ3n) is 9.24. The molecule has 0 aromatic carbocycles. The van der Waals surface area contributed by atoms with Crippen LogP contribution in [0.4, 0.5) is 5.00 Å². The largest absolute Gasteiger partial charge is 0.476 e. The molecule has 4 aromatic heterocycles. The molecule has 222 valence electrons. The molecule has 5 heterocycles. The third-order valence-corrected chi connectivity index (χ3v) is 10.3. The number of aromatic nitrogens is 5. The molecule has 43 heavy (non-hydrogen) atoms. The number of hydrogen-bond donors (Lipinski definition) is 2. The van der Waals surface area contributed by atoms with Gasteiger partial charge in [-0.1, -0.05) is 5.16 Å². The Morgan fingerprint density at radius 3 is 2.84 bits per heavy atom. The van der Waals surface area contributed by atoms with Gasteiger partial charge in [0, 0.05) is 34.2 Å². The van der Waals surface area contributed by atoms with E-state index in [1.54, 1.807) is 12.3 Å². The number of carbonyl (C=O) groups is 1. The standard InChI is InChI=1S/C30H32N8O4S/c1-16(20-7-5-12-37(20)2)41-23-14-22(38-13-9-19(35-38)29(39)40)33-28(34-23)25-17-6-3-10-30(26(17)36-42-25)11-4-8-21-24(30)18(15-31)27(32)43-21/h9,13-14,16,20H,3-8,10-12,32H2,1-2H3,(H,39,40)/t16-,20-,30-/m0/s1. The van der Waals surface area contributed by atoms with Gasteiger partial charge in [-0.15, -0.1) is 11.3 Å². The van der Waals surface area contributed by atoms with Crippen LogP contribution in [0.2, 0.25) is 0 Å². The highest BCUT2D eigenvalue weighted by atomic mass is 32.1. The van der Waals surface area contributed by atoms with Crippen molar-refractivity contribution >= 4 is 22.3 Å². The number of carboxylic acid groups (broad SMARTS) is 1. The van der Waals surface area contributed by atoms with Crippen LogP contribution in [0.3, 0.4) is 0 Å². The zero-order chi connectivity index (χ0) is 29.9. The second kappa shape index (κ2) is 10.5. The van der Waals surface area contributed by atoms with Crippen LogP contribution in [0, 0.1) is 11.3 Å². The second-order valence-electron chi connectivity index (χ2n) is 11.7. The Balaban J connectivity index is 1.34. The topological polar surface area (TPSA) is 169 Å². The lowest BCUT2D eigenvalue weighted by Gasteiger charge is -2.39. The number of aromatic carboxylic acids is 1. The summed E-state index contributed by atoms with van der Waals surface area (Å²) in [6.07, 6.45) is 8.74. The summed E-state index contributed by atoms with van der Waals surface area (Å²) >= 11 is 1.51. The minimum Gasteiger partial charge on any atom is -0.476 e. The summed E-state index contributed by atoms with van der Waals surface area (Å²) in [6.45, 7) is 3.05. The normalized spacial score (nSPS) is 22.2. The minimum atomic E-state index is -1.13. The zero-order valence-electron chi connectivity index (χ0n) is 24.0. The maximum Gasteiger partial charge on any atom is 0.356 e. The van der Waals surface area contributed by atoms with Gasteiger partial charge in [0.15, 0.2) is 11.5 Å². The van der Waals surface area contributed by atoms with E-state index in [1.165, 1.54) is 22.1 Å². The van der Waals surface area contributed by atoms with E-state index in [0.717, 1.165) is 79.6 Å². The van der Waals surface area contributed by atoms with Crippen LogP contribution in [0.1, 0.15) is 83.2 Å². The van der Waals surface area contributed by atoms with Gasteiger partial charge in [0.25, 0.3) is 0 Å². The van der Waals surface area contributed by atoms with Crippen molar-refractivity contribution in [3.63, 3.8) is 0 Å². The van der Waals surface area contributed by atoms with E-state index in [4.69, 9.17) is 25.0 Å². The number of carboxylic acids is 1. The summed E-state index contributed by atoms with van der Waals surface area (Å²) in [4.78, 5) is 24.5. The number of thiophene rings is 1. The van der Waals surface area contributed by atoms with Crippen molar-refractivity contribution in [1.29, 1.82) is 5.26 Å². The van der Waals surface area contributed by atoms with E-state index in [1.807, 2.05) is 6.92 Å². The molecular formula is C30H32N8O4S. The molecule has 0 saturated carbocycles. The van der Waals surface area contributed by atoms with E-state index in [0.29, 0.717) is 33.8 Å². The Kier molecular flexibility index (Phi) is 6.70. The maximum absolute atomic E-state index is 11.5. The number of likely N-dealkylation sites (N-methyl/N-ethyl adjacent to an activating group) is 1. The van der Waals surface area contributed by atoms with Gasteiger partial charge < -0.3 is 20.1 Å². The highest BCUT2D eigenvalue weighted by molar-refractivity contribution is 7.16. The maximum atomic E-state index is 11.5. The lowest BCUT2D eigenvalue weighted by molar-refractivity contribution is 0.0690. The predicted octanol–water partition coefficient (Wildman–Crippen LogP) is 4.35. The summed E-state index contributed by atoms with van der Waals surface area (Å²) in [5.74, 6) is 0.306. The highest BCUT2D eigenvalue weighted by Crippen LogP contribution is 2.54. The van der Waals surface area contributed by atoms with Gasteiger partial charge in [0.1, 0.15) is 17.2 Å². The number of nitrogens with two attached hydrogens (primary N) is 1. The highest BCUT2D eigenvalue weighted by Gasteiger charge is 2.48. The number of hydrogen-bond acceptors (Lipinski definition) is 11. The summed E-state index contributed by atoms with van der Waals surface area (Å²) in [5.41, 5.74) is 9.09. The third kappa shape index (κ3) is 4.47. The van der Waals surface area contributed by atoms with E-state index in [2.05, 4.69) is 28.3 Å². The molecule has 0 radical (unpaired) electrons. The molecule has 0 amide bonds. The van der Waals surface area contributed by atoms with Crippen molar-refractivity contribution < 1.29 is 19.2 Å². The fourth-order valence-corrected chi connectivity index (χ4v) is 8.45. The number of nitrogen functional groups attached to an aromatic ring is 1. The summed E-state index contributed by atoms with van der Waals surface area (Å²) in [6, 6.07) is 5.69. The minimum absolute atomic E-state index is 0.0981. The first-order valence-corrected chi connectivity index (χ1v) is 15.5. The number of fused-ring (bicyclic) bond motifs is 4. The Hall–Kier alpha value is -4.28. The van der Waals surface area contributed by atoms with E-state index in [-0.39, 0.29) is 17.8 Å². The lowest BCUT2D eigenvalue weighted by Crippen LogP contribution is -2.38. The Morgan fingerprint density at radius 1 is 1.30 bits per heavy atom. The Bertz CT molecular complexity index is 1770. The molecule has 1 fully saturated rings. The number of nitriles is 1. The molecule has 13 heteroatoms. The quantitative estimate of drug-likeness (QED) is 0.323. The number of rotatable bonds is 6. The van der Waals surface area contributed by atoms with Gasteiger partial charge in [-0.3, -0.25) is 4.90 Å². The van der Waals surface area contributed by atoms with Crippen LogP contribution in [0.15, 0.2) is 22.9 Å². The first-order valence-electron chi connectivity index (χ1n) is 14.7. The molecule has 3 aliphatic rings. The van der Waals surface area contributed by atoms with E-state index in [9.17, 15) is 15.2 Å². The molecular weight excluding hydrogens is 568 g/mol. The number of likely N-dealkylation sites (tertiary alicyclic amines) is 1. The molecule has 2 aliphatic carbocycles. The van der Waals surface area contributed by atoms with Crippen molar-refractivity contribution in [3.8, 4) is 29.4 Å². The molecule has 7 rings (SSSR count). The van der Waals surface area contributed by atoms with Crippen LogP contribution in [-0.4, -0.2) is 66.6 Å². The average Bonchev–Trinajstić information content (AvgIpc) is 3.78. The van der Waals surface area contributed by atoms with Gasteiger partial charge in [0.2, 0.25) is 17.5 Å². The molecule has 0 unspecified atom stereocenters. The van der Waals surface area contributed by atoms with Gasteiger partial charge in [-0.25, -0.2) is 14.5 Å². The number of ether oxygens (including phenoxy) is 1. The van der Waals surface area contributed by atoms with Gasteiger partial charge >= 0.3 is 5.97 Å². The van der Waals surface area contributed by atoms with Crippen LogP contribution >= 0.6 is 11.3 Å². The number of nitrogens with zero attached hydrogens (tertiary/aromatic N) is 7. The van der Waals surface area contributed by atoms with E-state index < -0.39 is 11.4 Å². The SMILES string of the molecule is C[C@H](Oc1cc(-n2ccc(C(=O)O)n2)nc(-c2onc3c2CCC[C@@]32CCCc3sc(N)c(C#N)c32)n1)[C@@H]1CCCN1C. The predicted molar refractivity (Wildman–Crippen MR) is 157 cm³/mol. The molecule has 1 saturated heterocycles. The molecule has 4 aromatic rings. The first kappa shape index (κ1) is 27.5. The Morgan fingerprint density at radius 2 is 2.12 bits per heavy atom. The van der Waals surface area contributed by atoms with Crippen molar-refractivity contribution in [2.75, 3.05) is 19.3 Å². The smallest absolute Gasteiger partial charge is 0.356 e. The second-order valence-corrected chi connectivity index (χ2v) is 12.9. The zero-order valence-corrected chi connectivity index (χ0v) is 24.9. The van der Waals surface area contributed by atoms with Crippen molar-refractivity contribution in [2.24, 2.45) is 0 Å². The molecule has 0 bridgehead atoms. The summed E-state index contributed by atoms with van der Waals surface area (Å²) < 4.78 is 13.9. The fraction of sp³-hybridized carbons (Fsp3) is 0.467. The first-order chi connectivity index (χ1) is 20.8. The van der Waals surface area contributed by atoms with Crippen LogP contribution in [0.5, 0.6) is 5.88 Å². The van der Waals surface area contributed by atoms with E-state index >= 15 is 0 Å². The average molecular weight is 601 g/mol. The lowest BCUT2D eigenvalue weighted by atomic mass is 9.62. The monoisotopic (exact) mass is 600 g/mol. The molecule has 1 aliphatic heterocycles. The molecule has 12 nitrogen and oxygen atoms in total. The number of aryl methyl sites for hydroxylation is 1. The summed E-state index contributed by atoms with van der Waals surface area (Å²) in [5, 5.41) is 28.9. The van der Waals surface area contributed by atoms with Gasteiger partial charge in [-0.05, 0) is 83.5 Å². The molecule has 3 atom stereocenters. The molecule has 1 spiro atoms. The van der Waals surface area contributed by atoms with Crippen molar-refractivity contribution in [1.82, 2.24) is 29.8 Å². The van der Waals surface area contributed by atoms with Gasteiger partial charge in [-0.2, -0.15) is 15.3 Å². The van der Waals surface area contributed by atoms with Crippen LogP contribution < -0.4 is 10.5 Å². The summed E-state index contributed by atoms with van der Waals surface area (Å²) in [7, 11) is 2.09. The fourth-order valence-electron chi connectivity index (χ4n) is 7.29. The van der Waals surface area contributed by atoms with Crippen LogP contribution in [-0.2, 0) is 18.3 Å². The van der Waals surface area contributed by atoms with Crippen LogP contribution in [0.25, 0.3) is 17.4 Å². The Labute approximate surface area is 252 Å². The van der Waals surface area contributed by atoms with Crippen molar-refractivity contribution in [2.45, 2.75) is 75.9 Å². The number of anilines is 1. The van der Waals surface area contributed by atoms with Crippen molar-refractivity contribution in [3.05, 3.63) is 51.3 Å².